The van der Waals surface area contributed by atoms with Crippen molar-refractivity contribution in [3.8, 4) is 0 Å². The van der Waals surface area contributed by atoms with Crippen molar-refractivity contribution in [2.45, 2.75) is 45.6 Å². The number of anilines is 1. The number of hydrogen-bond donors (Lipinski definition) is 1. The van der Waals surface area contributed by atoms with Gasteiger partial charge in [0, 0.05) is 18.2 Å². The van der Waals surface area contributed by atoms with Crippen molar-refractivity contribution in [2.75, 3.05) is 12.3 Å². The summed E-state index contributed by atoms with van der Waals surface area (Å²) < 4.78 is 13.5. The molecule has 1 fully saturated rings. The molecule has 4 heteroatoms. The highest BCUT2D eigenvalue weighted by molar-refractivity contribution is 5.94. The van der Waals surface area contributed by atoms with Crippen LogP contribution in [0.2, 0.25) is 0 Å². The lowest BCUT2D eigenvalue weighted by Gasteiger charge is -2.30. The third-order valence-electron chi connectivity index (χ3n) is 3.84. The van der Waals surface area contributed by atoms with Crippen molar-refractivity contribution in [1.29, 1.82) is 0 Å². The van der Waals surface area contributed by atoms with Gasteiger partial charge in [0.15, 0.2) is 0 Å². The van der Waals surface area contributed by atoms with Crippen LogP contribution in [-0.2, 0) is 0 Å². The van der Waals surface area contributed by atoms with E-state index in [0.717, 1.165) is 19.4 Å². The summed E-state index contributed by atoms with van der Waals surface area (Å²) in [5, 5.41) is 0. The molecular weight excluding hydrogens is 255 g/mol. The van der Waals surface area contributed by atoms with Gasteiger partial charge in [-0.1, -0.05) is 26.7 Å². The maximum Gasteiger partial charge on any atom is 0.254 e. The minimum absolute atomic E-state index is 0.0792. The molecule has 0 bridgehead atoms. The van der Waals surface area contributed by atoms with E-state index < -0.39 is 5.82 Å². The third kappa shape index (κ3) is 3.30. The van der Waals surface area contributed by atoms with Crippen molar-refractivity contribution in [3.05, 3.63) is 29.6 Å². The Balaban J connectivity index is 2.22. The number of nitrogens with two attached hydrogens (primary N) is 1. The van der Waals surface area contributed by atoms with Crippen molar-refractivity contribution in [1.82, 2.24) is 4.90 Å². The topological polar surface area (TPSA) is 46.3 Å². The fourth-order valence-corrected chi connectivity index (χ4v) is 2.83. The zero-order valence-corrected chi connectivity index (χ0v) is 12.2. The van der Waals surface area contributed by atoms with E-state index >= 15 is 0 Å². The Labute approximate surface area is 120 Å². The number of nitrogen functional groups attached to an aromatic ring is 1. The van der Waals surface area contributed by atoms with Gasteiger partial charge in [-0.15, -0.1) is 0 Å². The maximum absolute atomic E-state index is 13.5. The average molecular weight is 278 g/mol. The van der Waals surface area contributed by atoms with E-state index in [-0.39, 0.29) is 11.6 Å². The van der Waals surface area contributed by atoms with Crippen LogP contribution in [-0.4, -0.2) is 23.4 Å². The second-order valence-electron chi connectivity index (χ2n) is 6.03. The van der Waals surface area contributed by atoms with Crippen LogP contribution in [0.1, 0.15) is 49.9 Å². The second-order valence-corrected chi connectivity index (χ2v) is 6.03. The molecule has 0 aromatic heterocycles. The zero-order valence-electron chi connectivity index (χ0n) is 12.2. The average Bonchev–Trinajstić information content (AvgIpc) is 2.92. The van der Waals surface area contributed by atoms with E-state index in [1.807, 2.05) is 4.90 Å². The molecule has 1 aliphatic carbocycles. The largest absolute Gasteiger partial charge is 0.396 e. The predicted molar refractivity (Wildman–Crippen MR) is 78.9 cm³/mol. The molecule has 20 heavy (non-hydrogen) atoms. The highest BCUT2D eigenvalue weighted by Gasteiger charge is 2.28. The summed E-state index contributed by atoms with van der Waals surface area (Å²) in [5.41, 5.74) is 5.94. The molecule has 110 valence electrons. The van der Waals surface area contributed by atoms with Gasteiger partial charge in [0.1, 0.15) is 5.82 Å². The lowest BCUT2D eigenvalue weighted by Crippen LogP contribution is -2.41. The molecule has 1 saturated carbocycles. The van der Waals surface area contributed by atoms with Crippen molar-refractivity contribution >= 4 is 11.6 Å². The molecule has 0 radical (unpaired) electrons. The van der Waals surface area contributed by atoms with Gasteiger partial charge in [-0.05, 0) is 37.0 Å². The number of hydrogen-bond acceptors (Lipinski definition) is 2. The van der Waals surface area contributed by atoms with E-state index in [0.29, 0.717) is 17.5 Å². The molecule has 1 amide bonds. The molecule has 0 aliphatic heterocycles. The Morgan fingerprint density at radius 1 is 1.40 bits per heavy atom. The summed E-state index contributed by atoms with van der Waals surface area (Å²) in [6.45, 7) is 4.91. The lowest BCUT2D eigenvalue weighted by molar-refractivity contribution is 0.0655. The van der Waals surface area contributed by atoms with Crippen molar-refractivity contribution in [2.24, 2.45) is 5.92 Å². The summed E-state index contributed by atoms with van der Waals surface area (Å²) >= 11 is 0. The van der Waals surface area contributed by atoms with E-state index in [4.69, 9.17) is 5.73 Å². The molecule has 3 nitrogen and oxygen atoms in total. The van der Waals surface area contributed by atoms with Gasteiger partial charge < -0.3 is 10.6 Å². The first-order valence-electron chi connectivity index (χ1n) is 7.35. The van der Waals surface area contributed by atoms with Gasteiger partial charge in [-0.25, -0.2) is 4.39 Å². The predicted octanol–water partition coefficient (Wildman–Crippen LogP) is 3.45. The van der Waals surface area contributed by atoms with Crippen LogP contribution in [0.5, 0.6) is 0 Å². The van der Waals surface area contributed by atoms with Gasteiger partial charge in [0.25, 0.3) is 5.91 Å². The number of carbonyl (C=O) groups excluding carboxylic acids is 1. The monoisotopic (exact) mass is 278 g/mol. The van der Waals surface area contributed by atoms with Gasteiger partial charge in [0.05, 0.1) is 5.69 Å². The molecule has 1 aliphatic rings. The van der Waals surface area contributed by atoms with E-state index in [1.165, 1.54) is 25.0 Å². The van der Waals surface area contributed by atoms with Crippen molar-refractivity contribution < 1.29 is 9.18 Å². The summed E-state index contributed by atoms with van der Waals surface area (Å²) in [6.07, 6.45) is 4.44. The minimum Gasteiger partial charge on any atom is -0.396 e. The van der Waals surface area contributed by atoms with Gasteiger partial charge in [-0.3, -0.25) is 4.79 Å². The smallest absolute Gasteiger partial charge is 0.254 e. The highest BCUT2D eigenvalue weighted by atomic mass is 19.1. The van der Waals surface area contributed by atoms with Crippen LogP contribution < -0.4 is 5.73 Å². The number of amides is 1. The van der Waals surface area contributed by atoms with Crippen LogP contribution in [0.4, 0.5) is 10.1 Å². The summed E-state index contributed by atoms with van der Waals surface area (Å²) in [4.78, 5) is 14.6. The number of benzene rings is 1. The Morgan fingerprint density at radius 3 is 2.60 bits per heavy atom. The van der Waals surface area contributed by atoms with Crippen LogP contribution in [0.3, 0.4) is 0 Å². The Hall–Kier alpha value is -1.58. The molecule has 2 N–H and O–H groups in total. The third-order valence-corrected chi connectivity index (χ3v) is 3.84. The molecule has 0 heterocycles. The Bertz CT molecular complexity index is 481. The van der Waals surface area contributed by atoms with Gasteiger partial charge in [-0.2, -0.15) is 0 Å². The minimum atomic E-state index is -0.522. The quantitative estimate of drug-likeness (QED) is 0.857. The summed E-state index contributed by atoms with van der Waals surface area (Å²) in [7, 11) is 0. The number of nitrogens with zero attached hydrogens (tertiary/aromatic N) is 1. The molecule has 1 aromatic rings. The first-order chi connectivity index (χ1) is 9.49. The summed E-state index contributed by atoms with van der Waals surface area (Å²) in [5.74, 6) is -0.200. The summed E-state index contributed by atoms with van der Waals surface area (Å²) in [6, 6.07) is 4.62. The zero-order chi connectivity index (χ0) is 14.7. The van der Waals surface area contributed by atoms with Crippen LogP contribution >= 0.6 is 0 Å². The fraction of sp³-hybridized carbons (Fsp3) is 0.562. The van der Waals surface area contributed by atoms with Gasteiger partial charge >= 0.3 is 0 Å². The molecule has 0 atom stereocenters. The maximum atomic E-state index is 13.5. The molecule has 0 unspecified atom stereocenters. The molecule has 2 rings (SSSR count). The molecule has 1 aromatic carbocycles. The number of rotatable bonds is 4. The normalized spacial score (nSPS) is 15.8. The molecular formula is C16H23FN2O. The Morgan fingerprint density at radius 2 is 2.05 bits per heavy atom. The molecule has 0 spiro atoms. The standard InChI is InChI=1S/C16H23FN2O/c1-11(2)10-19(13-5-3-4-6-13)16(20)12-7-8-15(18)14(17)9-12/h7-9,11,13H,3-6,10,18H2,1-2H3. The van der Waals surface area contributed by atoms with Crippen molar-refractivity contribution in [3.63, 3.8) is 0 Å². The van der Waals surface area contributed by atoms with Crippen LogP contribution in [0.25, 0.3) is 0 Å². The van der Waals surface area contributed by atoms with E-state index in [1.54, 1.807) is 6.07 Å². The fourth-order valence-electron chi connectivity index (χ4n) is 2.83. The number of halogens is 1. The van der Waals surface area contributed by atoms with Gasteiger partial charge in [0.2, 0.25) is 0 Å². The highest BCUT2D eigenvalue weighted by Crippen LogP contribution is 2.26. The Kier molecular flexibility index (Phi) is 4.63. The van der Waals surface area contributed by atoms with E-state index in [9.17, 15) is 9.18 Å². The first-order valence-corrected chi connectivity index (χ1v) is 7.35. The van der Waals surface area contributed by atoms with E-state index in [2.05, 4.69) is 13.8 Å². The SMILES string of the molecule is CC(C)CN(C(=O)c1ccc(N)c(F)c1)C1CCCC1. The lowest BCUT2D eigenvalue weighted by atomic mass is 10.1. The second kappa shape index (κ2) is 6.25. The van der Waals surface area contributed by atoms with Crippen LogP contribution in [0.15, 0.2) is 18.2 Å². The first kappa shape index (κ1) is 14.8. The van der Waals surface area contributed by atoms with Crippen LogP contribution in [0, 0.1) is 11.7 Å². The number of carbonyl (C=O) groups is 1. The molecule has 0 saturated heterocycles.